The molecule has 2 N–H and O–H groups in total. The molecule has 82 valence electrons. The van der Waals surface area contributed by atoms with Crippen LogP contribution < -0.4 is 5.73 Å². The minimum Gasteiger partial charge on any atom is -0.324 e. The lowest BCUT2D eigenvalue weighted by Crippen LogP contribution is -2.18. The molecule has 0 fully saturated rings. The number of nitrogens with two attached hydrogens (primary N) is 1. The molecule has 1 atom stereocenters. The van der Waals surface area contributed by atoms with Gasteiger partial charge >= 0.3 is 0 Å². The summed E-state index contributed by atoms with van der Waals surface area (Å²) in [4.78, 5) is 8.41. The fraction of sp³-hybridized carbons (Fsp3) is 0.364. The third-order valence-electron chi connectivity index (χ3n) is 2.97. The molecule has 2 heterocycles. The first kappa shape index (κ1) is 9.47. The lowest BCUT2D eigenvalue weighted by atomic mass is 9.94. The Balaban J connectivity index is 2.10. The third kappa shape index (κ3) is 1.40. The highest BCUT2D eigenvalue weighted by atomic mass is 15.3. The molecule has 16 heavy (non-hydrogen) atoms. The summed E-state index contributed by atoms with van der Waals surface area (Å²) in [5, 5.41) is 4.33. The van der Waals surface area contributed by atoms with Crippen LogP contribution in [0.25, 0.3) is 5.95 Å². The van der Waals surface area contributed by atoms with E-state index in [2.05, 4.69) is 15.1 Å². The summed E-state index contributed by atoms with van der Waals surface area (Å²) in [5.74, 6) is 0.623. The molecule has 5 nitrogen and oxygen atoms in total. The Bertz CT molecular complexity index is 490. The molecule has 0 saturated carbocycles. The topological polar surface area (TPSA) is 69.6 Å². The third-order valence-corrected chi connectivity index (χ3v) is 2.97. The Morgan fingerprint density at radius 1 is 1.31 bits per heavy atom. The van der Waals surface area contributed by atoms with Gasteiger partial charge in [-0.1, -0.05) is 0 Å². The van der Waals surface area contributed by atoms with Crippen LogP contribution in [-0.4, -0.2) is 19.7 Å². The highest BCUT2D eigenvalue weighted by Crippen LogP contribution is 2.28. The SMILES string of the molecule is N[C@@H]1CCCc2c1cnn2-c1ncccn1. The normalized spacial score (nSPS) is 19.4. The molecule has 0 unspecified atom stereocenters. The maximum atomic E-state index is 6.04. The van der Waals surface area contributed by atoms with Crippen LogP contribution >= 0.6 is 0 Å². The fourth-order valence-electron chi connectivity index (χ4n) is 2.16. The average molecular weight is 215 g/mol. The fourth-order valence-corrected chi connectivity index (χ4v) is 2.16. The van der Waals surface area contributed by atoms with Crippen LogP contribution in [0.4, 0.5) is 0 Å². The van der Waals surface area contributed by atoms with Gasteiger partial charge in [-0.3, -0.25) is 0 Å². The molecule has 0 saturated heterocycles. The average Bonchev–Trinajstić information content (AvgIpc) is 2.75. The van der Waals surface area contributed by atoms with Gasteiger partial charge in [0.1, 0.15) is 0 Å². The monoisotopic (exact) mass is 215 g/mol. The molecular weight excluding hydrogens is 202 g/mol. The highest BCUT2D eigenvalue weighted by molar-refractivity contribution is 5.29. The summed E-state index contributed by atoms with van der Waals surface area (Å²) < 4.78 is 1.80. The van der Waals surface area contributed by atoms with Gasteiger partial charge in [-0.15, -0.1) is 0 Å². The van der Waals surface area contributed by atoms with E-state index in [0.29, 0.717) is 5.95 Å². The molecule has 5 heteroatoms. The molecular formula is C11H13N5. The number of rotatable bonds is 1. The smallest absolute Gasteiger partial charge is 0.250 e. The minimum absolute atomic E-state index is 0.112. The van der Waals surface area contributed by atoms with Crippen LogP contribution in [0, 0.1) is 0 Å². The molecule has 2 aromatic rings. The van der Waals surface area contributed by atoms with Crippen LogP contribution in [0.2, 0.25) is 0 Å². The van der Waals surface area contributed by atoms with E-state index in [-0.39, 0.29) is 6.04 Å². The van der Waals surface area contributed by atoms with Crippen molar-refractivity contribution in [2.45, 2.75) is 25.3 Å². The second kappa shape index (κ2) is 3.68. The maximum absolute atomic E-state index is 6.04. The number of hydrogen-bond donors (Lipinski definition) is 1. The summed E-state index contributed by atoms with van der Waals surface area (Å²) in [7, 11) is 0. The van der Waals surface area contributed by atoms with E-state index < -0.39 is 0 Å². The first-order valence-electron chi connectivity index (χ1n) is 5.46. The van der Waals surface area contributed by atoms with Crippen LogP contribution in [-0.2, 0) is 6.42 Å². The molecule has 0 amide bonds. The number of aromatic nitrogens is 4. The quantitative estimate of drug-likeness (QED) is 0.770. The van der Waals surface area contributed by atoms with Crippen molar-refractivity contribution in [2.24, 2.45) is 5.73 Å². The van der Waals surface area contributed by atoms with E-state index in [0.717, 1.165) is 30.5 Å². The van der Waals surface area contributed by atoms with Crippen molar-refractivity contribution in [3.63, 3.8) is 0 Å². The van der Waals surface area contributed by atoms with E-state index in [1.165, 1.54) is 0 Å². The summed E-state index contributed by atoms with van der Waals surface area (Å²) >= 11 is 0. The van der Waals surface area contributed by atoms with Crippen LogP contribution in [0.1, 0.15) is 30.1 Å². The van der Waals surface area contributed by atoms with Gasteiger partial charge in [0, 0.05) is 24.0 Å². The summed E-state index contributed by atoms with van der Waals surface area (Å²) in [6.07, 6.45) is 8.43. The Hall–Kier alpha value is -1.75. The number of hydrogen-bond acceptors (Lipinski definition) is 4. The largest absolute Gasteiger partial charge is 0.324 e. The molecule has 3 rings (SSSR count). The van der Waals surface area contributed by atoms with Gasteiger partial charge in [0.15, 0.2) is 0 Å². The zero-order valence-corrected chi connectivity index (χ0v) is 8.87. The molecule has 1 aliphatic carbocycles. The van der Waals surface area contributed by atoms with Gasteiger partial charge in [-0.25, -0.2) is 14.6 Å². The van der Waals surface area contributed by atoms with E-state index in [1.807, 2.05) is 6.20 Å². The molecule has 1 aliphatic rings. The molecule has 0 spiro atoms. The molecule has 0 bridgehead atoms. The Morgan fingerprint density at radius 2 is 2.12 bits per heavy atom. The van der Waals surface area contributed by atoms with Crippen molar-refractivity contribution in [3.8, 4) is 5.95 Å². The molecule has 0 aromatic carbocycles. The predicted molar refractivity (Wildman–Crippen MR) is 59.0 cm³/mol. The summed E-state index contributed by atoms with van der Waals surface area (Å²) in [5.41, 5.74) is 8.34. The van der Waals surface area contributed by atoms with Crippen molar-refractivity contribution >= 4 is 0 Å². The maximum Gasteiger partial charge on any atom is 0.250 e. The second-order valence-electron chi connectivity index (χ2n) is 4.01. The number of nitrogens with zero attached hydrogens (tertiary/aromatic N) is 4. The van der Waals surface area contributed by atoms with E-state index >= 15 is 0 Å². The van der Waals surface area contributed by atoms with Gasteiger partial charge in [-0.05, 0) is 25.3 Å². The van der Waals surface area contributed by atoms with E-state index in [9.17, 15) is 0 Å². The lowest BCUT2D eigenvalue weighted by molar-refractivity contribution is 0.555. The van der Waals surface area contributed by atoms with Gasteiger partial charge in [0.05, 0.1) is 11.9 Å². The number of fused-ring (bicyclic) bond motifs is 1. The van der Waals surface area contributed by atoms with Crippen LogP contribution in [0.15, 0.2) is 24.7 Å². The molecule has 2 aromatic heterocycles. The second-order valence-corrected chi connectivity index (χ2v) is 4.01. The van der Waals surface area contributed by atoms with Gasteiger partial charge in [-0.2, -0.15) is 5.10 Å². The summed E-state index contributed by atoms with van der Waals surface area (Å²) in [6.45, 7) is 0. The minimum atomic E-state index is 0.112. The highest BCUT2D eigenvalue weighted by Gasteiger charge is 2.22. The van der Waals surface area contributed by atoms with Crippen molar-refractivity contribution in [1.82, 2.24) is 19.7 Å². The predicted octanol–water partition coefficient (Wildman–Crippen LogP) is 0.998. The zero-order valence-electron chi connectivity index (χ0n) is 8.87. The van der Waals surface area contributed by atoms with E-state index in [1.54, 1.807) is 23.1 Å². The van der Waals surface area contributed by atoms with Gasteiger partial charge < -0.3 is 5.73 Å². The van der Waals surface area contributed by atoms with Crippen molar-refractivity contribution in [3.05, 3.63) is 35.9 Å². The Kier molecular flexibility index (Phi) is 2.18. The van der Waals surface area contributed by atoms with Gasteiger partial charge in [0.2, 0.25) is 0 Å². The summed E-state index contributed by atoms with van der Waals surface area (Å²) in [6, 6.07) is 1.91. The van der Waals surface area contributed by atoms with Crippen LogP contribution in [0.5, 0.6) is 0 Å². The van der Waals surface area contributed by atoms with Crippen molar-refractivity contribution in [2.75, 3.05) is 0 Å². The zero-order chi connectivity index (χ0) is 11.0. The standard InChI is InChI=1S/C11H13N5/c12-9-3-1-4-10-8(9)7-15-16(10)11-13-5-2-6-14-11/h2,5-7,9H,1,3-4,12H2/t9-/m1/s1. The van der Waals surface area contributed by atoms with Crippen LogP contribution in [0.3, 0.4) is 0 Å². The van der Waals surface area contributed by atoms with Crippen molar-refractivity contribution in [1.29, 1.82) is 0 Å². The molecule has 0 aliphatic heterocycles. The first-order valence-corrected chi connectivity index (χ1v) is 5.46. The van der Waals surface area contributed by atoms with Crippen molar-refractivity contribution < 1.29 is 0 Å². The van der Waals surface area contributed by atoms with E-state index in [4.69, 9.17) is 5.73 Å². The Morgan fingerprint density at radius 3 is 2.94 bits per heavy atom. The van der Waals surface area contributed by atoms with Gasteiger partial charge in [0.25, 0.3) is 5.95 Å². The first-order chi connectivity index (χ1) is 7.86. The lowest BCUT2D eigenvalue weighted by Gasteiger charge is -2.18. The molecule has 0 radical (unpaired) electrons. The Labute approximate surface area is 93.3 Å².